The number of carbonyl (C=O) groups excluding carboxylic acids is 2. The zero-order valence-electron chi connectivity index (χ0n) is 10.1. The number of carboxylic acids is 1. The van der Waals surface area contributed by atoms with Gasteiger partial charge in [0.15, 0.2) is 0 Å². The number of nitrogens with one attached hydrogen (secondary N) is 2. The van der Waals surface area contributed by atoms with Crippen LogP contribution in [0.4, 0.5) is 0 Å². The maximum atomic E-state index is 11.7. The molecule has 7 heteroatoms. The lowest BCUT2D eigenvalue weighted by Gasteiger charge is -2.10. The van der Waals surface area contributed by atoms with E-state index >= 15 is 0 Å². The Labute approximate surface area is 114 Å². The van der Waals surface area contributed by atoms with Crippen LogP contribution in [0.2, 0.25) is 5.02 Å². The molecule has 0 saturated heterocycles. The molecule has 0 saturated carbocycles. The van der Waals surface area contributed by atoms with Crippen LogP contribution >= 0.6 is 11.6 Å². The second-order valence-corrected chi connectivity index (χ2v) is 4.20. The molecule has 0 radical (unpaired) electrons. The summed E-state index contributed by atoms with van der Waals surface area (Å²) in [7, 11) is 0. The fourth-order valence-corrected chi connectivity index (χ4v) is 1.48. The van der Waals surface area contributed by atoms with E-state index in [1.54, 1.807) is 18.2 Å². The van der Waals surface area contributed by atoms with Crippen molar-refractivity contribution in [1.29, 1.82) is 0 Å². The van der Waals surface area contributed by atoms with Crippen molar-refractivity contribution in [3.63, 3.8) is 0 Å². The van der Waals surface area contributed by atoms with E-state index < -0.39 is 23.8 Å². The molecule has 0 aliphatic heterocycles. The number of carboxylic acid groups (broad SMARTS) is 1. The molecule has 0 aliphatic carbocycles. The molecule has 0 unspecified atom stereocenters. The summed E-state index contributed by atoms with van der Waals surface area (Å²) < 4.78 is 0. The van der Waals surface area contributed by atoms with Crippen molar-refractivity contribution in [3.05, 3.63) is 34.9 Å². The zero-order valence-corrected chi connectivity index (χ0v) is 10.9. The van der Waals surface area contributed by atoms with Crippen LogP contribution in [0.5, 0.6) is 0 Å². The first-order chi connectivity index (χ1) is 8.91. The quantitative estimate of drug-likeness (QED) is 0.740. The van der Waals surface area contributed by atoms with Gasteiger partial charge in [-0.2, -0.15) is 0 Å². The van der Waals surface area contributed by atoms with Crippen LogP contribution in [0.1, 0.15) is 17.3 Å². The Morgan fingerprint density at radius 3 is 2.53 bits per heavy atom. The Balaban J connectivity index is 2.49. The summed E-state index contributed by atoms with van der Waals surface area (Å²) in [6.07, 6.45) is 0. The summed E-state index contributed by atoms with van der Waals surface area (Å²) in [5.74, 6) is -2.23. The average Bonchev–Trinajstić information content (AvgIpc) is 2.36. The minimum atomic E-state index is -1.15. The lowest BCUT2D eigenvalue weighted by Crippen LogP contribution is -2.44. The molecule has 0 bridgehead atoms. The largest absolute Gasteiger partial charge is 0.480 e. The van der Waals surface area contributed by atoms with Gasteiger partial charge >= 0.3 is 5.97 Å². The molecule has 1 aromatic carbocycles. The van der Waals surface area contributed by atoms with Crippen molar-refractivity contribution in [2.75, 3.05) is 6.54 Å². The van der Waals surface area contributed by atoms with Crippen molar-refractivity contribution in [2.24, 2.45) is 0 Å². The third-order valence-electron chi connectivity index (χ3n) is 2.28. The monoisotopic (exact) mass is 284 g/mol. The average molecular weight is 285 g/mol. The molecule has 0 aromatic heterocycles. The second-order valence-electron chi connectivity index (χ2n) is 3.79. The molecule has 1 rings (SSSR count). The molecular formula is C12H13ClN2O4. The molecule has 0 spiro atoms. The van der Waals surface area contributed by atoms with E-state index in [4.69, 9.17) is 16.7 Å². The van der Waals surface area contributed by atoms with Gasteiger partial charge in [-0.1, -0.05) is 23.7 Å². The summed E-state index contributed by atoms with van der Waals surface area (Å²) in [4.78, 5) is 33.6. The third-order valence-corrected chi connectivity index (χ3v) is 2.61. The highest BCUT2D eigenvalue weighted by molar-refractivity contribution is 6.33. The van der Waals surface area contributed by atoms with E-state index in [1.807, 2.05) is 0 Å². The van der Waals surface area contributed by atoms with Gasteiger partial charge in [0.2, 0.25) is 5.91 Å². The Kier molecular flexibility index (Phi) is 5.32. The van der Waals surface area contributed by atoms with Gasteiger partial charge < -0.3 is 15.7 Å². The van der Waals surface area contributed by atoms with E-state index in [-0.39, 0.29) is 17.1 Å². The Bertz CT molecular complexity index is 504. The first kappa shape index (κ1) is 15.0. The van der Waals surface area contributed by atoms with Gasteiger partial charge in [-0.3, -0.25) is 14.4 Å². The lowest BCUT2D eigenvalue weighted by atomic mass is 10.2. The number of aliphatic carboxylic acids is 1. The van der Waals surface area contributed by atoms with Crippen LogP contribution in [0.25, 0.3) is 0 Å². The number of rotatable bonds is 5. The first-order valence-corrected chi connectivity index (χ1v) is 5.84. The van der Waals surface area contributed by atoms with E-state index in [1.165, 1.54) is 13.0 Å². The molecular weight excluding hydrogens is 272 g/mol. The molecule has 6 nitrogen and oxygen atoms in total. The zero-order chi connectivity index (χ0) is 14.4. The molecule has 19 heavy (non-hydrogen) atoms. The van der Waals surface area contributed by atoms with Crippen molar-refractivity contribution >= 4 is 29.4 Å². The highest BCUT2D eigenvalue weighted by Crippen LogP contribution is 2.14. The van der Waals surface area contributed by atoms with Crippen LogP contribution in [-0.2, 0) is 9.59 Å². The van der Waals surface area contributed by atoms with Crippen LogP contribution in [0.3, 0.4) is 0 Å². The van der Waals surface area contributed by atoms with E-state index in [0.29, 0.717) is 0 Å². The van der Waals surface area contributed by atoms with Gasteiger partial charge in [0, 0.05) is 0 Å². The molecule has 1 atom stereocenters. The molecule has 0 fully saturated rings. The van der Waals surface area contributed by atoms with Crippen molar-refractivity contribution < 1.29 is 19.5 Å². The number of amides is 2. The Morgan fingerprint density at radius 1 is 1.32 bits per heavy atom. The minimum Gasteiger partial charge on any atom is -0.480 e. The fraction of sp³-hybridized carbons (Fsp3) is 0.250. The lowest BCUT2D eigenvalue weighted by molar-refractivity contribution is -0.141. The molecule has 102 valence electrons. The minimum absolute atomic E-state index is 0.253. The summed E-state index contributed by atoms with van der Waals surface area (Å²) in [6, 6.07) is 5.40. The standard InChI is InChI=1S/C12H13ClN2O4/c1-7(12(18)19)15-10(16)6-14-11(17)8-4-2-3-5-9(8)13/h2-5,7H,6H2,1H3,(H,14,17)(H,15,16)(H,18,19)/t7-/m0/s1. The molecule has 0 heterocycles. The second kappa shape index (κ2) is 6.75. The van der Waals surface area contributed by atoms with Gasteiger partial charge in [-0.25, -0.2) is 0 Å². The summed E-state index contributed by atoms with van der Waals surface area (Å²) in [6.45, 7) is 1.01. The Morgan fingerprint density at radius 2 is 1.95 bits per heavy atom. The van der Waals surface area contributed by atoms with Crippen LogP contribution in [0.15, 0.2) is 24.3 Å². The third kappa shape index (κ3) is 4.59. The number of benzene rings is 1. The number of carbonyl (C=O) groups is 3. The summed E-state index contributed by atoms with van der Waals surface area (Å²) >= 11 is 5.82. The van der Waals surface area contributed by atoms with Gasteiger partial charge in [0.25, 0.3) is 5.91 Å². The van der Waals surface area contributed by atoms with Crippen LogP contribution < -0.4 is 10.6 Å². The first-order valence-electron chi connectivity index (χ1n) is 5.46. The SMILES string of the molecule is C[C@H](NC(=O)CNC(=O)c1ccccc1Cl)C(=O)O. The summed E-state index contributed by atoms with van der Waals surface area (Å²) in [5, 5.41) is 13.5. The maximum absolute atomic E-state index is 11.7. The topological polar surface area (TPSA) is 95.5 Å². The maximum Gasteiger partial charge on any atom is 0.325 e. The molecule has 0 aliphatic rings. The fourth-order valence-electron chi connectivity index (χ4n) is 1.26. The normalized spacial score (nSPS) is 11.5. The highest BCUT2D eigenvalue weighted by Gasteiger charge is 2.15. The van der Waals surface area contributed by atoms with E-state index in [2.05, 4.69) is 10.6 Å². The van der Waals surface area contributed by atoms with Crippen LogP contribution in [0, 0.1) is 0 Å². The van der Waals surface area contributed by atoms with Gasteiger partial charge in [-0.15, -0.1) is 0 Å². The highest BCUT2D eigenvalue weighted by atomic mass is 35.5. The van der Waals surface area contributed by atoms with Crippen LogP contribution in [-0.4, -0.2) is 35.5 Å². The van der Waals surface area contributed by atoms with Crippen molar-refractivity contribution in [2.45, 2.75) is 13.0 Å². The van der Waals surface area contributed by atoms with Crippen molar-refractivity contribution in [1.82, 2.24) is 10.6 Å². The predicted octanol–water partition coefficient (Wildman–Crippen LogP) is 0.659. The summed E-state index contributed by atoms with van der Waals surface area (Å²) in [5.41, 5.74) is 0.253. The number of hydrogen-bond acceptors (Lipinski definition) is 3. The number of halogens is 1. The predicted molar refractivity (Wildman–Crippen MR) is 69.0 cm³/mol. The molecule has 2 amide bonds. The van der Waals surface area contributed by atoms with Crippen molar-refractivity contribution in [3.8, 4) is 0 Å². The number of hydrogen-bond donors (Lipinski definition) is 3. The van der Waals surface area contributed by atoms with E-state index in [0.717, 1.165) is 0 Å². The van der Waals surface area contributed by atoms with Gasteiger partial charge in [0.05, 0.1) is 17.1 Å². The van der Waals surface area contributed by atoms with E-state index in [9.17, 15) is 14.4 Å². The Hall–Kier alpha value is -2.08. The van der Waals surface area contributed by atoms with Gasteiger partial charge in [-0.05, 0) is 19.1 Å². The molecule has 3 N–H and O–H groups in total. The molecule has 1 aromatic rings. The smallest absolute Gasteiger partial charge is 0.325 e. The van der Waals surface area contributed by atoms with Gasteiger partial charge in [0.1, 0.15) is 6.04 Å².